The molecule has 1 heterocycles. The fourth-order valence-corrected chi connectivity index (χ4v) is 3.65. The second-order valence-electron chi connectivity index (χ2n) is 6.87. The maximum Gasteiger partial charge on any atom is 0.303 e. The van der Waals surface area contributed by atoms with Crippen molar-refractivity contribution in [3.05, 3.63) is 58.1 Å². The molecule has 158 valence electrons. The number of rotatable bonds is 8. The Labute approximate surface area is 183 Å². The van der Waals surface area contributed by atoms with E-state index in [9.17, 15) is 9.59 Å². The molecular formula is C22H23BrN2O5. The van der Waals surface area contributed by atoms with E-state index >= 15 is 0 Å². The molecule has 1 aliphatic heterocycles. The van der Waals surface area contributed by atoms with Crippen LogP contribution in [0.2, 0.25) is 0 Å². The number of hydrazone groups is 1. The number of nitrogens with zero attached hydrogens (tertiary/aromatic N) is 2. The molecule has 0 saturated heterocycles. The van der Waals surface area contributed by atoms with Gasteiger partial charge >= 0.3 is 5.97 Å². The molecule has 30 heavy (non-hydrogen) atoms. The molecule has 0 aromatic heterocycles. The third-order valence-corrected chi connectivity index (χ3v) is 5.45. The quantitative estimate of drug-likeness (QED) is 0.612. The lowest BCUT2D eigenvalue weighted by Gasteiger charge is -2.23. The number of carbonyl (C=O) groups is 2. The molecule has 3 rings (SSSR count). The Kier molecular flexibility index (Phi) is 7.10. The van der Waals surface area contributed by atoms with Crippen molar-refractivity contribution in [2.75, 3.05) is 14.2 Å². The highest BCUT2D eigenvalue weighted by Crippen LogP contribution is 2.37. The first-order valence-corrected chi connectivity index (χ1v) is 10.3. The molecule has 0 saturated carbocycles. The van der Waals surface area contributed by atoms with E-state index in [1.807, 2.05) is 36.4 Å². The zero-order chi connectivity index (χ0) is 21.7. The summed E-state index contributed by atoms with van der Waals surface area (Å²) in [6, 6.07) is 13.0. The van der Waals surface area contributed by atoms with Crippen LogP contribution >= 0.6 is 15.9 Å². The molecule has 0 spiro atoms. The van der Waals surface area contributed by atoms with Crippen molar-refractivity contribution in [1.29, 1.82) is 0 Å². The maximum absolute atomic E-state index is 12.9. The molecule has 8 heteroatoms. The molecule has 0 unspecified atom stereocenters. The van der Waals surface area contributed by atoms with Gasteiger partial charge in [0.15, 0.2) is 11.5 Å². The standard InChI is InChI=1S/C22H23BrN2O5/c1-29-19-11-8-15(12-20(19)30-2)18-13-17(14-6-9-16(23)10-7-14)24-25(18)21(26)4-3-5-22(27)28/h6-12,18H,3-5,13H2,1-2H3,(H,27,28)/t18-/m1/s1. The van der Waals surface area contributed by atoms with Crippen LogP contribution in [0.15, 0.2) is 52.0 Å². The molecule has 1 N–H and O–H groups in total. The second kappa shape index (κ2) is 9.75. The van der Waals surface area contributed by atoms with Crippen LogP contribution in [-0.2, 0) is 9.59 Å². The van der Waals surface area contributed by atoms with Crippen LogP contribution in [0.3, 0.4) is 0 Å². The monoisotopic (exact) mass is 474 g/mol. The van der Waals surface area contributed by atoms with E-state index in [1.165, 1.54) is 5.01 Å². The summed E-state index contributed by atoms with van der Waals surface area (Å²) in [6.45, 7) is 0. The van der Waals surface area contributed by atoms with Gasteiger partial charge in [-0.05, 0) is 41.8 Å². The highest BCUT2D eigenvalue weighted by atomic mass is 79.9. The summed E-state index contributed by atoms with van der Waals surface area (Å²) in [5, 5.41) is 14.9. The van der Waals surface area contributed by atoms with Crippen LogP contribution in [0, 0.1) is 0 Å². The van der Waals surface area contributed by atoms with E-state index in [1.54, 1.807) is 20.3 Å². The summed E-state index contributed by atoms with van der Waals surface area (Å²) >= 11 is 3.43. The first-order valence-electron chi connectivity index (χ1n) is 9.52. The van der Waals surface area contributed by atoms with Crippen molar-refractivity contribution in [1.82, 2.24) is 5.01 Å². The molecule has 1 aliphatic rings. The Bertz CT molecular complexity index is 959. The van der Waals surface area contributed by atoms with E-state index in [-0.39, 0.29) is 31.2 Å². The lowest BCUT2D eigenvalue weighted by Crippen LogP contribution is -2.27. The summed E-state index contributed by atoms with van der Waals surface area (Å²) in [4.78, 5) is 23.7. The largest absolute Gasteiger partial charge is 0.493 e. The Morgan fingerprint density at radius 1 is 1.10 bits per heavy atom. The van der Waals surface area contributed by atoms with Gasteiger partial charge in [0.2, 0.25) is 5.91 Å². The van der Waals surface area contributed by atoms with E-state index in [0.29, 0.717) is 17.9 Å². The molecule has 0 fully saturated rings. The number of benzene rings is 2. The Hall–Kier alpha value is -2.87. The minimum Gasteiger partial charge on any atom is -0.493 e. The van der Waals surface area contributed by atoms with Crippen LogP contribution in [-0.4, -0.2) is 41.9 Å². The fraction of sp³-hybridized carbons (Fsp3) is 0.318. The van der Waals surface area contributed by atoms with Gasteiger partial charge in [-0.2, -0.15) is 5.10 Å². The smallest absolute Gasteiger partial charge is 0.303 e. The number of amides is 1. The third kappa shape index (κ3) is 4.99. The van der Waals surface area contributed by atoms with Crippen LogP contribution in [0.4, 0.5) is 0 Å². The molecule has 2 aromatic rings. The first-order chi connectivity index (χ1) is 14.4. The van der Waals surface area contributed by atoms with E-state index in [2.05, 4.69) is 21.0 Å². The SMILES string of the molecule is COc1ccc([C@H]2CC(c3ccc(Br)cc3)=NN2C(=O)CCCC(=O)O)cc1OC. The van der Waals surface area contributed by atoms with Gasteiger partial charge < -0.3 is 14.6 Å². The lowest BCUT2D eigenvalue weighted by molar-refractivity contribution is -0.137. The number of hydrogen-bond donors (Lipinski definition) is 1. The number of carbonyl (C=O) groups excluding carboxylic acids is 1. The molecule has 7 nitrogen and oxygen atoms in total. The highest BCUT2D eigenvalue weighted by Gasteiger charge is 2.33. The number of methoxy groups -OCH3 is 2. The van der Waals surface area contributed by atoms with E-state index in [0.717, 1.165) is 21.3 Å². The minimum atomic E-state index is -0.917. The predicted octanol–water partition coefficient (Wildman–Crippen LogP) is 4.40. The van der Waals surface area contributed by atoms with E-state index < -0.39 is 5.97 Å². The normalized spacial score (nSPS) is 15.6. The zero-order valence-electron chi connectivity index (χ0n) is 16.8. The van der Waals surface area contributed by atoms with Gasteiger partial charge in [-0.3, -0.25) is 9.59 Å². The average molecular weight is 475 g/mol. The number of ether oxygens (including phenoxy) is 2. The summed E-state index contributed by atoms with van der Waals surface area (Å²) in [7, 11) is 3.13. The average Bonchev–Trinajstić information content (AvgIpc) is 3.19. The third-order valence-electron chi connectivity index (χ3n) is 4.92. The van der Waals surface area contributed by atoms with Crippen molar-refractivity contribution < 1.29 is 24.2 Å². The molecule has 1 atom stereocenters. The number of carboxylic acid groups (broad SMARTS) is 1. The number of hydrogen-bond acceptors (Lipinski definition) is 5. The fourth-order valence-electron chi connectivity index (χ4n) is 3.38. The van der Waals surface area contributed by atoms with Gasteiger partial charge in [0.1, 0.15) is 0 Å². The maximum atomic E-state index is 12.9. The van der Waals surface area contributed by atoms with Crippen molar-refractivity contribution in [2.45, 2.75) is 31.7 Å². The molecule has 0 aliphatic carbocycles. The summed E-state index contributed by atoms with van der Waals surface area (Å²) < 4.78 is 11.7. The summed E-state index contributed by atoms with van der Waals surface area (Å²) in [5.74, 6) is 0.0564. The molecule has 0 radical (unpaired) electrons. The Morgan fingerprint density at radius 2 is 1.80 bits per heavy atom. The van der Waals surface area contributed by atoms with Crippen molar-refractivity contribution in [3.63, 3.8) is 0 Å². The first kappa shape index (κ1) is 21.8. The molecule has 0 bridgehead atoms. The molecule has 2 aromatic carbocycles. The zero-order valence-corrected chi connectivity index (χ0v) is 18.4. The molecular weight excluding hydrogens is 452 g/mol. The van der Waals surface area contributed by atoms with Crippen LogP contribution in [0.1, 0.15) is 42.9 Å². The van der Waals surface area contributed by atoms with Gasteiger partial charge in [0, 0.05) is 23.7 Å². The second-order valence-corrected chi connectivity index (χ2v) is 7.79. The van der Waals surface area contributed by atoms with Gasteiger partial charge in [-0.1, -0.05) is 34.1 Å². The van der Waals surface area contributed by atoms with Crippen LogP contribution in [0.25, 0.3) is 0 Å². The highest BCUT2D eigenvalue weighted by molar-refractivity contribution is 9.10. The van der Waals surface area contributed by atoms with Crippen molar-refractivity contribution in [2.24, 2.45) is 5.10 Å². The molecule has 1 amide bonds. The van der Waals surface area contributed by atoms with Crippen LogP contribution in [0.5, 0.6) is 11.5 Å². The predicted molar refractivity (Wildman–Crippen MR) is 116 cm³/mol. The number of carboxylic acids is 1. The van der Waals surface area contributed by atoms with Crippen molar-refractivity contribution in [3.8, 4) is 11.5 Å². The topological polar surface area (TPSA) is 88.4 Å². The Balaban J connectivity index is 1.90. The minimum absolute atomic E-state index is 0.0517. The van der Waals surface area contributed by atoms with Gasteiger partial charge in [-0.25, -0.2) is 5.01 Å². The van der Waals surface area contributed by atoms with Gasteiger partial charge in [0.05, 0.1) is 26.0 Å². The lowest BCUT2D eigenvalue weighted by atomic mass is 9.98. The number of aliphatic carboxylic acids is 1. The number of halogens is 1. The van der Waals surface area contributed by atoms with Crippen molar-refractivity contribution >= 4 is 33.5 Å². The summed E-state index contributed by atoms with van der Waals surface area (Å²) in [6.07, 6.45) is 0.880. The van der Waals surface area contributed by atoms with Crippen LogP contribution < -0.4 is 9.47 Å². The van der Waals surface area contributed by atoms with Gasteiger partial charge in [-0.15, -0.1) is 0 Å². The summed E-state index contributed by atoms with van der Waals surface area (Å²) in [5.41, 5.74) is 2.61. The van der Waals surface area contributed by atoms with Gasteiger partial charge in [0.25, 0.3) is 0 Å². The Morgan fingerprint density at radius 3 is 2.43 bits per heavy atom. The van der Waals surface area contributed by atoms with E-state index in [4.69, 9.17) is 14.6 Å².